The van der Waals surface area contributed by atoms with E-state index in [1.807, 2.05) is 0 Å². The summed E-state index contributed by atoms with van der Waals surface area (Å²) >= 11 is 5.80. The molecule has 0 saturated carbocycles. The zero-order valence-corrected chi connectivity index (χ0v) is 10.5. The first-order valence-electron chi connectivity index (χ1n) is 5.24. The Morgan fingerprint density at radius 1 is 1.28 bits per heavy atom. The van der Waals surface area contributed by atoms with Crippen LogP contribution < -0.4 is 11.1 Å². The monoisotopic (exact) mass is 270 g/mol. The van der Waals surface area contributed by atoms with Crippen LogP contribution in [0, 0.1) is 0 Å². The van der Waals surface area contributed by atoms with Crippen molar-refractivity contribution in [3.8, 4) is 11.5 Å². The molecule has 6 nitrogen and oxygen atoms in total. The van der Waals surface area contributed by atoms with E-state index in [4.69, 9.17) is 11.6 Å². The van der Waals surface area contributed by atoms with Crippen LogP contribution in [0.4, 0.5) is 0 Å². The van der Waals surface area contributed by atoms with Crippen molar-refractivity contribution in [3.63, 3.8) is 0 Å². The summed E-state index contributed by atoms with van der Waals surface area (Å²) in [6.45, 7) is 2.02. The molecule has 0 fully saturated rings. The molecule has 96 valence electrons. The van der Waals surface area contributed by atoms with Gasteiger partial charge in [0.15, 0.2) is 11.5 Å². The van der Waals surface area contributed by atoms with Crippen LogP contribution in [-0.4, -0.2) is 19.6 Å². The topological polar surface area (TPSA) is 84.5 Å². The first-order valence-corrected chi connectivity index (χ1v) is 5.62. The highest BCUT2D eigenvalue weighted by atomic mass is 35.5. The fourth-order valence-electron chi connectivity index (χ4n) is 1.91. The van der Waals surface area contributed by atoms with Gasteiger partial charge in [0.1, 0.15) is 0 Å². The zero-order chi connectivity index (χ0) is 13.6. The number of fused-ring (bicyclic) bond motifs is 1. The lowest BCUT2D eigenvalue weighted by atomic mass is 10.1. The number of aromatic nitrogens is 2. The Balaban J connectivity index is 3.19. The fraction of sp³-hybridized carbons (Fsp3) is 0.273. The number of hydrogen-bond acceptors (Lipinski definition) is 4. The molecule has 18 heavy (non-hydrogen) atoms. The molecule has 0 amide bonds. The van der Waals surface area contributed by atoms with Gasteiger partial charge >= 0.3 is 0 Å². The Kier molecular flexibility index (Phi) is 2.82. The van der Waals surface area contributed by atoms with E-state index in [1.165, 1.54) is 11.7 Å². The maximum Gasteiger partial charge on any atom is 0.274 e. The Labute approximate surface area is 106 Å². The summed E-state index contributed by atoms with van der Waals surface area (Å²) in [5, 5.41) is 18.5. The molecule has 7 heteroatoms. The summed E-state index contributed by atoms with van der Waals surface area (Å²) in [4.78, 5) is 24.2. The van der Waals surface area contributed by atoms with E-state index >= 15 is 0 Å². The molecule has 0 unspecified atom stereocenters. The van der Waals surface area contributed by atoms with Crippen molar-refractivity contribution in [2.45, 2.75) is 13.5 Å². The number of aromatic hydroxyl groups is 2. The lowest BCUT2D eigenvalue weighted by Gasteiger charge is -2.12. The van der Waals surface area contributed by atoms with E-state index in [2.05, 4.69) is 0 Å². The summed E-state index contributed by atoms with van der Waals surface area (Å²) in [5.74, 6) is -1.13. The molecular weight excluding hydrogens is 260 g/mol. The molecule has 0 saturated heterocycles. The van der Waals surface area contributed by atoms with Crippen molar-refractivity contribution in [3.05, 3.63) is 31.8 Å². The summed E-state index contributed by atoms with van der Waals surface area (Å²) in [6, 6.07) is 1.05. The second kappa shape index (κ2) is 4.06. The van der Waals surface area contributed by atoms with Crippen LogP contribution >= 0.6 is 11.6 Å². The van der Waals surface area contributed by atoms with Crippen LogP contribution in [0.2, 0.25) is 5.02 Å². The average molecular weight is 271 g/mol. The van der Waals surface area contributed by atoms with E-state index < -0.39 is 22.6 Å². The molecule has 2 aromatic rings. The second-order valence-corrected chi connectivity index (χ2v) is 4.21. The van der Waals surface area contributed by atoms with Crippen LogP contribution in [-0.2, 0) is 13.6 Å². The third kappa shape index (κ3) is 1.49. The van der Waals surface area contributed by atoms with E-state index in [0.717, 1.165) is 10.7 Å². The van der Waals surface area contributed by atoms with Gasteiger partial charge in [-0.2, -0.15) is 0 Å². The molecule has 0 aliphatic rings. The van der Waals surface area contributed by atoms with Gasteiger partial charge in [0.25, 0.3) is 11.1 Å². The van der Waals surface area contributed by atoms with Gasteiger partial charge in [-0.05, 0) is 13.0 Å². The van der Waals surface area contributed by atoms with Crippen molar-refractivity contribution in [1.82, 2.24) is 9.36 Å². The molecule has 1 heterocycles. The lowest BCUT2D eigenvalue weighted by molar-refractivity contribution is 0.404. The van der Waals surface area contributed by atoms with Crippen molar-refractivity contribution < 1.29 is 10.2 Å². The van der Waals surface area contributed by atoms with Gasteiger partial charge in [-0.3, -0.25) is 14.3 Å². The molecule has 0 atom stereocenters. The molecule has 1 aromatic heterocycles. The number of phenols is 2. The number of hydrogen-bond donors (Lipinski definition) is 2. The minimum absolute atomic E-state index is 0.0137. The van der Waals surface area contributed by atoms with Crippen LogP contribution in [0.1, 0.15) is 6.92 Å². The standard InChI is InChI=1S/C11H11ClN2O4/c1-3-14-10(17)5-4-6(15)9(16)8(12)7(5)11(18)13(14)2/h4,15-16H,3H2,1-2H3. The molecule has 0 spiro atoms. The minimum atomic E-state index is -0.602. The highest BCUT2D eigenvalue weighted by Crippen LogP contribution is 2.36. The van der Waals surface area contributed by atoms with Gasteiger partial charge in [0.2, 0.25) is 0 Å². The third-order valence-corrected chi connectivity index (χ3v) is 3.22. The van der Waals surface area contributed by atoms with Crippen LogP contribution in [0.3, 0.4) is 0 Å². The van der Waals surface area contributed by atoms with Crippen LogP contribution in [0.15, 0.2) is 15.7 Å². The Hall–Kier alpha value is -1.95. The van der Waals surface area contributed by atoms with Gasteiger partial charge < -0.3 is 10.2 Å². The molecule has 0 radical (unpaired) electrons. The predicted molar refractivity (Wildman–Crippen MR) is 67.5 cm³/mol. The second-order valence-electron chi connectivity index (χ2n) is 3.83. The maximum absolute atomic E-state index is 12.1. The smallest absolute Gasteiger partial charge is 0.274 e. The number of nitrogens with zero attached hydrogens (tertiary/aromatic N) is 2. The van der Waals surface area contributed by atoms with E-state index in [-0.39, 0.29) is 15.8 Å². The molecular formula is C11H11ClN2O4. The Morgan fingerprint density at radius 3 is 2.44 bits per heavy atom. The van der Waals surface area contributed by atoms with Crippen molar-refractivity contribution in [2.75, 3.05) is 0 Å². The number of halogens is 1. The largest absolute Gasteiger partial charge is 0.504 e. The van der Waals surface area contributed by atoms with Crippen molar-refractivity contribution >= 4 is 22.4 Å². The molecule has 0 aliphatic carbocycles. The zero-order valence-electron chi connectivity index (χ0n) is 9.77. The van der Waals surface area contributed by atoms with Gasteiger partial charge in [0.05, 0.1) is 15.8 Å². The highest BCUT2D eigenvalue weighted by molar-refractivity contribution is 6.37. The van der Waals surface area contributed by atoms with Crippen molar-refractivity contribution in [2.24, 2.45) is 7.05 Å². The van der Waals surface area contributed by atoms with Crippen molar-refractivity contribution in [1.29, 1.82) is 0 Å². The highest BCUT2D eigenvalue weighted by Gasteiger charge is 2.18. The predicted octanol–water partition coefficient (Wildman–Crippen LogP) is 0.785. The van der Waals surface area contributed by atoms with Gasteiger partial charge in [0, 0.05) is 13.6 Å². The lowest BCUT2D eigenvalue weighted by Crippen LogP contribution is -2.36. The first-order chi connectivity index (χ1) is 8.40. The fourth-order valence-corrected chi connectivity index (χ4v) is 2.19. The van der Waals surface area contributed by atoms with Gasteiger partial charge in [-0.1, -0.05) is 11.6 Å². The average Bonchev–Trinajstić information content (AvgIpc) is 2.34. The number of rotatable bonds is 1. The SMILES string of the molecule is CCn1c(=O)c2cc(O)c(O)c(Cl)c2c(=O)n1C. The molecule has 0 bridgehead atoms. The summed E-state index contributed by atoms with van der Waals surface area (Å²) < 4.78 is 2.35. The Bertz CT molecular complexity index is 760. The summed E-state index contributed by atoms with van der Waals surface area (Å²) in [5.41, 5.74) is -0.960. The molecule has 0 aliphatic heterocycles. The third-order valence-electron chi connectivity index (χ3n) is 2.85. The number of phenolic OH excluding ortho intramolecular Hbond substituents is 2. The van der Waals surface area contributed by atoms with E-state index in [0.29, 0.717) is 6.54 Å². The van der Waals surface area contributed by atoms with Gasteiger partial charge in [-0.25, -0.2) is 4.68 Å². The van der Waals surface area contributed by atoms with E-state index in [1.54, 1.807) is 6.92 Å². The van der Waals surface area contributed by atoms with Crippen LogP contribution in [0.25, 0.3) is 10.8 Å². The minimum Gasteiger partial charge on any atom is -0.504 e. The quantitative estimate of drug-likeness (QED) is 0.750. The molecule has 2 N–H and O–H groups in total. The summed E-state index contributed by atoms with van der Waals surface area (Å²) in [6.07, 6.45) is 0. The normalized spacial score (nSPS) is 11.1. The first kappa shape index (κ1) is 12.5. The molecule has 2 rings (SSSR count). The molecule has 1 aromatic carbocycles. The number of benzene rings is 1. The van der Waals surface area contributed by atoms with Crippen LogP contribution in [0.5, 0.6) is 11.5 Å². The summed E-state index contributed by atoms with van der Waals surface area (Å²) in [7, 11) is 1.44. The Morgan fingerprint density at radius 2 is 1.89 bits per heavy atom. The van der Waals surface area contributed by atoms with E-state index in [9.17, 15) is 19.8 Å². The maximum atomic E-state index is 12.1. The van der Waals surface area contributed by atoms with Gasteiger partial charge in [-0.15, -0.1) is 0 Å².